The number of hydrogen-bond acceptors (Lipinski definition) is 3. The average Bonchev–Trinajstić information content (AvgIpc) is 2.52. The highest BCUT2D eigenvalue weighted by atomic mass is 16.3. The summed E-state index contributed by atoms with van der Waals surface area (Å²) in [4.78, 5) is 10.8. The number of aryl methyl sites for hydroxylation is 2. The van der Waals surface area contributed by atoms with Crippen LogP contribution in [-0.4, -0.2) is 9.67 Å². The van der Waals surface area contributed by atoms with Crippen LogP contribution in [0.25, 0.3) is 10.9 Å². The summed E-state index contributed by atoms with van der Waals surface area (Å²) in [6, 6.07) is 3.87. The van der Waals surface area contributed by atoms with Gasteiger partial charge in [0.25, 0.3) is 0 Å². The van der Waals surface area contributed by atoms with Crippen molar-refractivity contribution in [2.45, 2.75) is 20.4 Å². The Balaban J connectivity index is 2.94. The number of fused-ring (bicyclic) bond motifs is 1. The minimum atomic E-state index is -0.0939. The Morgan fingerprint density at radius 2 is 2.18 bits per heavy atom. The van der Waals surface area contributed by atoms with E-state index < -0.39 is 0 Å². The molecule has 0 atom stereocenters. The second-order valence-electron chi connectivity index (χ2n) is 4.14. The van der Waals surface area contributed by atoms with Crippen molar-refractivity contribution in [2.24, 2.45) is 5.18 Å². The summed E-state index contributed by atoms with van der Waals surface area (Å²) >= 11 is 0. The van der Waals surface area contributed by atoms with Crippen molar-refractivity contribution in [3.63, 3.8) is 0 Å². The zero-order valence-corrected chi connectivity index (χ0v) is 9.90. The fraction of sp³-hybridized carbons (Fsp3) is 0.231. The summed E-state index contributed by atoms with van der Waals surface area (Å²) in [5.74, 6) is -0.0939. The normalized spacial score (nSPS) is 10.7. The molecule has 0 unspecified atom stereocenters. The highest BCUT2D eigenvalue weighted by Crippen LogP contribution is 2.40. The van der Waals surface area contributed by atoms with E-state index in [1.807, 2.05) is 26.0 Å². The van der Waals surface area contributed by atoms with Gasteiger partial charge in [0.2, 0.25) is 5.88 Å². The molecule has 88 valence electrons. The Hall–Kier alpha value is -2.10. The summed E-state index contributed by atoms with van der Waals surface area (Å²) < 4.78 is 1.65. The molecular weight excluding hydrogens is 216 g/mol. The van der Waals surface area contributed by atoms with Crippen molar-refractivity contribution < 1.29 is 5.11 Å². The van der Waals surface area contributed by atoms with E-state index in [9.17, 15) is 10.0 Å². The minimum Gasteiger partial charge on any atom is -0.493 e. The molecule has 0 fully saturated rings. The molecule has 1 aromatic carbocycles. The third-order valence-electron chi connectivity index (χ3n) is 2.84. The summed E-state index contributed by atoms with van der Waals surface area (Å²) in [5, 5.41) is 13.6. The van der Waals surface area contributed by atoms with Crippen LogP contribution < -0.4 is 0 Å². The van der Waals surface area contributed by atoms with Gasteiger partial charge in [0.1, 0.15) is 0 Å². The van der Waals surface area contributed by atoms with Crippen LogP contribution in [0.2, 0.25) is 0 Å². The van der Waals surface area contributed by atoms with Crippen LogP contribution in [-0.2, 0) is 6.54 Å². The minimum absolute atomic E-state index is 0.0939. The molecular formula is C13H14N2O2. The lowest BCUT2D eigenvalue weighted by Crippen LogP contribution is -1.95. The van der Waals surface area contributed by atoms with Gasteiger partial charge < -0.3 is 9.67 Å². The van der Waals surface area contributed by atoms with Crippen LogP contribution in [0.15, 0.2) is 30.0 Å². The molecule has 17 heavy (non-hydrogen) atoms. The van der Waals surface area contributed by atoms with Crippen LogP contribution in [0.5, 0.6) is 5.88 Å². The largest absolute Gasteiger partial charge is 0.493 e. The van der Waals surface area contributed by atoms with Crippen molar-refractivity contribution in [3.8, 4) is 5.88 Å². The van der Waals surface area contributed by atoms with Crippen molar-refractivity contribution in [1.82, 2.24) is 4.57 Å². The molecule has 4 nitrogen and oxygen atoms in total. The number of hydrogen-bond donors (Lipinski definition) is 1. The second kappa shape index (κ2) is 4.05. The van der Waals surface area contributed by atoms with Gasteiger partial charge in [-0.3, -0.25) is 0 Å². The number of nitrogens with zero attached hydrogens (tertiary/aromatic N) is 2. The molecule has 0 radical (unpaired) electrons. The van der Waals surface area contributed by atoms with E-state index in [1.54, 1.807) is 10.6 Å². The quantitative estimate of drug-likeness (QED) is 0.647. The summed E-state index contributed by atoms with van der Waals surface area (Å²) in [7, 11) is 0. The molecule has 0 aliphatic carbocycles. The SMILES string of the molecule is C=CCn1c(O)c(N=O)c2cc(C)cc(C)c21. The maximum absolute atomic E-state index is 10.8. The monoisotopic (exact) mass is 230 g/mol. The highest BCUT2D eigenvalue weighted by molar-refractivity contribution is 5.97. The fourth-order valence-electron chi connectivity index (χ4n) is 2.25. The van der Waals surface area contributed by atoms with Gasteiger partial charge in [0.05, 0.1) is 5.52 Å². The Labute approximate surface area is 99.2 Å². The molecule has 0 saturated carbocycles. The number of nitroso groups, excluding NO2 is 1. The standard InChI is InChI=1S/C13H14N2O2/c1-4-5-15-12-9(3)6-8(2)7-10(12)11(14-17)13(15)16/h4,6-7,16H,1,5H2,2-3H3. The van der Waals surface area contributed by atoms with Crippen LogP contribution in [0.3, 0.4) is 0 Å². The van der Waals surface area contributed by atoms with Crippen molar-refractivity contribution in [2.75, 3.05) is 0 Å². The summed E-state index contributed by atoms with van der Waals surface area (Å²) in [6.07, 6.45) is 1.67. The van der Waals surface area contributed by atoms with Gasteiger partial charge in [-0.25, -0.2) is 0 Å². The molecule has 0 aliphatic heterocycles. The van der Waals surface area contributed by atoms with E-state index in [0.717, 1.165) is 16.6 Å². The lowest BCUT2D eigenvalue weighted by atomic mass is 10.1. The van der Waals surface area contributed by atoms with Crippen molar-refractivity contribution in [3.05, 3.63) is 40.8 Å². The van der Waals surface area contributed by atoms with Crippen molar-refractivity contribution in [1.29, 1.82) is 0 Å². The Morgan fingerprint density at radius 3 is 2.76 bits per heavy atom. The van der Waals surface area contributed by atoms with Crippen molar-refractivity contribution >= 4 is 16.6 Å². The lowest BCUT2D eigenvalue weighted by Gasteiger charge is -2.06. The highest BCUT2D eigenvalue weighted by Gasteiger charge is 2.18. The molecule has 0 saturated heterocycles. The maximum Gasteiger partial charge on any atom is 0.222 e. The van der Waals surface area contributed by atoms with Gasteiger partial charge in [-0.1, -0.05) is 17.7 Å². The average molecular weight is 230 g/mol. The zero-order chi connectivity index (χ0) is 12.6. The Kier molecular flexibility index (Phi) is 2.71. The van der Waals surface area contributed by atoms with E-state index in [1.165, 1.54) is 0 Å². The van der Waals surface area contributed by atoms with Crippen LogP contribution in [0.4, 0.5) is 5.69 Å². The molecule has 0 aliphatic rings. The van der Waals surface area contributed by atoms with Gasteiger partial charge in [-0.2, -0.15) is 0 Å². The summed E-state index contributed by atoms with van der Waals surface area (Å²) in [5.41, 5.74) is 2.99. The molecule has 0 bridgehead atoms. The van der Waals surface area contributed by atoms with E-state index in [0.29, 0.717) is 11.9 Å². The van der Waals surface area contributed by atoms with Gasteiger partial charge in [0.15, 0.2) is 5.69 Å². The first kappa shape index (κ1) is 11.4. The fourth-order valence-corrected chi connectivity index (χ4v) is 2.25. The molecule has 2 aromatic rings. The first-order valence-electron chi connectivity index (χ1n) is 5.36. The first-order valence-corrected chi connectivity index (χ1v) is 5.36. The maximum atomic E-state index is 10.8. The van der Waals surface area contributed by atoms with Crippen LogP contribution >= 0.6 is 0 Å². The lowest BCUT2D eigenvalue weighted by molar-refractivity contribution is 0.431. The van der Waals surface area contributed by atoms with Gasteiger partial charge >= 0.3 is 0 Å². The van der Waals surface area contributed by atoms with Crippen LogP contribution in [0.1, 0.15) is 11.1 Å². The first-order chi connectivity index (χ1) is 8.10. The van der Waals surface area contributed by atoms with E-state index in [4.69, 9.17) is 0 Å². The Morgan fingerprint density at radius 1 is 1.47 bits per heavy atom. The number of rotatable bonds is 3. The molecule has 0 amide bonds. The third-order valence-corrected chi connectivity index (χ3v) is 2.84. The number of allylic oxidation sites excluding steroid dienone is 1. The van der Waals surface area contributed by atoms with Gasteiger partial charge in [0, 0.05) is 11.9 Å². The second-order valence-corrected chi connectivity index (χ2v) is 4.14. The summed E-state index contributed by atoms with van der Waals surface area (Å²) in [6.45, 7) is 7.99. The van der Waals surface area contributed by atoms with E-state index in [-0.39, 0.29) is 11.6 Å². The molecule has 4 heteroatoms. The predicted octanol–water partition coefficient (Wildman–Crippen LogP) is 3.55. The van der Waals surface area contributed by atoms with E-state index >= 15 is 0 Å². The predicted molar refractivity (Wildman–Crippen MR) is 68.7 cm³/mol. The molecule has 1 aromatic heterocycles. The molecule has 1 heterocycles. The van der Waals surface area contributed by atoms with Crippen LogP contribution in [0, 0.1) is 18.8 Å². The Bertz CT molecular complexity index is 612. The van der Waals surface area contributed by atoms with Gasteiger partial charge in [-0.05, 0) is 30.7 Å². The molecule has 1 N–H and O–H groups in total. The molecule has 2 rings (SSSR count). The topological polar surface area (TPSA) is 54.6 Å². The smallest absolute Gasteiger partial charge is 0.222 e. The van der Waals surface area contributed by atoms with E-state index in [2.05, 4.69) is 11.8 Å². The van der Waals surface area contributed by atoms with Gasteiger partial charge in [-0.15, -0.1) is 11.5 Å². The molecule has 0 spiro atoms. The number of benzene rings is 1. The zero-order valence-electron chi connectivity index (χ0n) is 9.90. The number of aromatic hydroxyl groups is 1. The third kappa shape index (κ3) is 1.62. The number of aromatic nitrogens is 1.